The lowest BCUT2D eigenvalue weighted by molar-refractivity contribution is 1.13. The van der Waals surface area contributed by atoms with Crippen LogP contribution in [-0.2, 0) is 5.75 Å². The molecular weight excluding hydrogens is 276 g/mol. The number of nitrogens with zero attached hydrogens (tertiary/aromatic N) is 2. The molecule has 0 amide bonds. The molecule has 0 aliphatic heterocycles. The highest BCUT2D eigenvalue weighted by Gasteiger charge is 2.03. The summed E-state index contributed by atoms with van der Waals surface area (Å²) in [4.78, 5) is 8.74. The Morgan fingerprint density at radius 3 is 2.74 bits per heavy atom. The molecule has 0 N–H and O–H groups in total. The minimum atomic E-state index is 0.663. The summed E-state index contributed by atoms with van der Waals surface area (Å²) in [5.74, 6) is 0.850. The van der Waals surface area contributed by atoms with E-state index < -0.39 is 0 Å². The Labute approximate surface area is 120 Å². The number of pyridine rings is 2. The average molecular weight is 287 g/mol. The molecule has 4 heteroatoms. The van der Waals surface area contributed by atoms with Crippen LogP contribution < -0.4 is 0 Å². The number of benzene rings is 1. The zero-order valence-corrected chi connectivity index (χ0v) is 11.7. The number of rotatable bonds is 3. The van der Waals surface area contributed by atoms with Gasteiger partial charge >= 0.3 is 0 Å². The number of halogens is 1. The SMILES string of the molecule is Clc1ccc(SCc2cccc3cccnc23)nc1. The maximum Gasteiger partial charge on any atom is 0.0964 e. The minimum absolute atomic E-state index is 0.663. The van der Waals surface area contributed by atoms with Gasteiger partial charge in [0.15, 0.2) is 0 Å². The molecule has 3 aromatic rings. The summed E-state index contributed by atoms with van der Waals surface area (Å²) in [5.41, 5.74) is 2.28. The molecule has 0 atom stereocenters. The standard InChI is InChI=1S/C15H11ClN2S/c16-13-6-7-14(18-9-13)19-10-12-4-1-3-11-5-2-8-17-15(11)12/h1-9H,10H2. The summed E-state index contributed by atoms with van der Waals surface area (Å²) >= 11 is 7.51. The van der Waals surface area contributed by atoms with Crippen LogP contribution in [0.15, 0.2) is 59.9 Å². The molecule has 1 aromatic carbocycles. The fourth-order valence-corrected chi connectivity index (χ4v) is 2.82. The summed E-state index contributed by atoms with van der Waals surface area (Å²) < 4.78 is 0. The van der Waals surface area contributed by atoms with Gasteiger partial charge in [0.1, 0.15) is 0 Å². The van der Waals surface area contributed by atoms with Gasteiger partial charge in [0.25, 0.3) is 0 Å². The van der Waals surface area contributed by atoms with Crippen molar-refractivity contribution in [1.82, 2.24) is 9.97 Å². The van der Waals surface area contributed by atoms with E-state index in [2.05, 4.69) is 34.2 Å². The molecule has 19 heavy (non-hydrogen) atoms. The third kappa shape index (κ3) is 2.88. The van der Waals surface area contributed by atoms with E-state index in [0.717, 1.165) is 16.3 Å². The van der Waals surface area contributed by atoms with E-state index in [1.54, 1.807) is 18.0 Å². The first kappa shape index (κ1) is 12.5. The molecule has 0 saturated heterocycles. The number of thioether (sulfide) groups is 1. The van der Waals surface area contributed by atoms with Crippen LogP contribution in [0.3, 0.4) is 0 Å². The molecule has 0 aliphatic rings. The Balaban J connectivity index is 1.84. The molecule has 94 valence electrons. The lowest BCUT2D eigenvalue weighted by atomic mass is 10.1. The molecule has 0 fully saturated rings. The van der Waals surface area contributed by atoms with E-state index in [9.17, 15) is 0 Å². The van der Waals surface area contributed by atoms with Gasteiger partial charge < -0.3 is 0 Å². The van der Waals surface area contributed by atoms with Crippen LogP contribution in [0, 0.1) is 0 Å². The lowest BCUT2D eigenvalue weighted by Gasteiger charge is -2.05. The van der Waals surface area contributed by atoms with Crippen LogP contribution >= 0.6 is 23.4 Å². The first-order valence-corrected chi connectivity index (χ1v) is 7.26. The van der Waals surface area contributed by atoms with Crippen molar-refractivity contribution in [2.45, 2.75) is 10.8 Å². The van der Waals surface area contributed by atoms with Crippen LogP contribution in [-0.4, -0.2) is 9.97 Å². The maximum atomic E-state index is 5.83. The Hall–Kier alpha value is -1.58. The van der Waals surface area contributed by atoms with Crippen LogP contribution in [0.25, 0.3) is 10.9 Å². The number of hydrogen-bond acceptors (Lipinski definition) is 3. The Bertz CT molecular complexity index is 693. The van der Waals surface area contributed by atoms with Gasteiger partial charge in [-0.1, -0.05) is 35.9 Å². The lowest BCUT2D eigenvalue weighted by Crippen LogP contribution is -1.87. The van der Waals surface area contributed by atoms with Crippen molar-refractivity contribution in [2.24, 2.45) is 0 Å². The molecule has 0 spiro atoms. The fraction of sp³-hybridized carbons (Fsp3) is 0.0667. The first-order valence-electron chi connectivity index (χ1n) is 5.90. The van der Waals surface area contributed by atoms with Crippen LogP contribution in [0.4, 0.5) is 0 Å². The van der Waals surface area contributed by atoms with Crippen molar-refractivity contribution in [3.63, 3.8) is 0 Å². The number of aromatic nitrogens is 2. The normalized spacial score (nSPS) is 10.8. The second-order valence-corrected chi connectivity index (χ2v) is 5.53. The van der Waals surface area contributed by atoms with Gasteiger partial charge in [-0.3, -0.25) is 4.98 Å². The third-order valence-corrected chi connectivity index (χ3v) is 4.01. The maximum absolute atomic E-state index is 5.83. The Morgan fingerprint density at radius 2 is 1.89 bits per heavy atom. The minimum Gasteiger partial charge on any atom is -0.256 e. The quantitative estimate of drug-likeness (QED) is 0.659. The molecule has 2 heterocycles. The van der Waals surface area contributed by atoms with Gasteiger partial charge in [0.05, 0.1) is 15.6 Å². The second-order valence-electron chi connectivity index (χ2n) is 4.10. The van der Waals surface area contributed by atoms with E-state index in [1.807, 2.05) is 24.4 Å². The van der Waals surface area contributed by atoms with E-state index in [4.69, 9.17) is 11.6 Å². The topological polar surface area (TPSA) is 25.8 Å². The summed E-state index contributed by atoms with van der Waals surface area (Å²) in [7, 11) is 0. The molecule has 0 bridgehead atoms. The van der Waals surface area contributed by atoms with E-state index in [-0.39, 0.29) is 0 Å². The van der Waals surface area contributed by atoms with E-state index >= 15 is 0 Å². The first-order chi connectivity index (χ1) is 9.33. The van der Waals surface area contributed by atoms with Crippen LogP contribution in [0.2, 0.25) is 5.02 Å². The highest BCUT2D eigenvalue weighted by Crippen LogP contribution is 2.25. The van der Waals surface area contributed by atoms with Crippen molar-refractivity contribution >= 4 is 34.3 Å². The number of para-hydroxylation sites is 1. The van der Waals surface area contributed by atoms with Crippen LogP contribution in [0.5, 0.6) is 0 Å². The van der Waals surface area contributed by atoms with Gasteiger partial charge in [0, 0.05) is 23.5 Å². The zero-order valence-electron chi connectivity index (χ0n) is 10.1. The van der Waals surface area contributed by atoms with Crippen LogP contribution in [0.1, 0.15) is 5.56 Å². The highest BCUT2D eigenvalue weighted by atomic mass is 35.5. The fourth-order valence-electron chi connectivity index (χ4n) is 1.88. The number of hydrogen-bond donors (Lipinski definition) is 0. The molecule has 0 aliphatic carbocycles. The van der Waals surface area contributed by atoms with Gasteiger partial charge in [-0.05, 0) is 23.8 Å². The van der Waals surface area contributed by atoms with Crippen molar-refractivity contribution in [1.29, 1.82) is 0 Å². The second kappa shape index (κ2) is 5.59. The van der Waals surface area contributed by atoms with Crippen molar-refractivity contribution < 1.29 is 0 Å². The predicted octanol–water partition coefficient (Wildman–Crippen LogP) is 4.58. The molecule has 0 unspecified atom stereocenters. The van der Waals surface area contributed by atoms with Gasteiger partial charge in [-0.15, -0.1) is 11.8 Å². The van der Waals surface area contributed by atoms with Gasteiger partial charge in [-0.2, -0.15) is 0 Å². The summed E-state index contributed by atoms with van der Waals surface area (Å²) in [6, 6.07) is 14.1. The number of fused-ring (bicyclic) bond motifs is 1. The summed E-state index contributed by atoms with van der Waals surface area (Å²) in [6.45, 7) is 0. The Morgan fingerprint density at radius 1 is 1.00 bits per heavy atom. The van der Waals surface area contributed by atoms with Crippen molar-refractivity contribution in [3.8, 4) is 0 Å². The largest absolute Gasteiger partial charge is 0.256 e. The molecule has 0 radical (unpaired) electrons. The molecule has 2 nitrogen and oxygen atoms in total. The van der Waals surface area contributed by atoms with E-state index in [1.165, 1.54) is 10.9 Å². The average Bonchev–Trinajstić information content (AvgIpc) is 2.47. The smallest absolute Gasteiger partial charge is 0.0964 e. The van der Waals surface area contributed by atoms with Gasteiger partial charge in [-0.25, -0.2) is 4.98 Å². The predicted molar refractivity (Wildman–Crippen MR) is 80.6 cm³/mol. The summed E-state index contributed by atoms with van der Waals surface area (Å²) in [6.07, 6.45) is 3.50. The Kier molecular flexibility index (Phi) is 3.67. The molecular formula is C15H11ClN2S. The van der Waals surface area contributed by atoms with E-state index in [0.29, 0.717) is 5.02 Å². The zero-order chi connectivity index (χ0) is 13.1. The van der Waals surface area contributed by atoms with Crippen molar-refractivity contribution in [3.05, 3.63) is 65.4 Å². The summed E-state index contributed by atoms with van der Waals surface area (Å²) in [5, 5.41) is 2.80. The van der Waals surface area contributed by atoms with Crippen molar-refractivity contribution in [2.75, 3.05) is 0 Å². The highest BCUT2D eigenvalue weighted by molar-refractivity contribution is 7.98. The molecule has 3 rings (SSSR count). The van der Waals surface area contributed by atoms with Gasteiger partial charge in [0.2, 0.25) is 0 Å². The monoisotopic (exact) mass is 286 g/mol. The third-order valence-electron chi connectivity index (χ3n) is 2.79. The molecule has 2 aromatic heterocycles. The molecule has 0 saturated carbocycles.